The fourth-order valence-corrected chi connectivity index (χ4v) is 4.10. The Balaban J connectivity index is 1.47. The van der Waals surface area contributed by atoms with E-state index in [1.807, 2.05) is 36.4 Å². The van der Waals surface area contributed by atoms with Crippen molar-refractivity contribution in [2.75, 3.05) is 52.5 Å². The lowest BCUT2D eigenvalue weighted by molar-refractivity contribution is 0.0322. The zero-order valence-electron chi connectivity index (χ0n) is 17.0. The molecule has 7 heteroatoms. The third-order valence-electron chi connectivity index (χ3n) is 5.05. The van der Waals surface area contributed by atoms with E-state index in [1.165, 1.54) is 0 Å². The van der Waals surface area contributed by atoms with E-state index < -0.39 is 0 Å². The number of carbonyl (C=O) groups excluding carboxylic acids is 1. The van der Waals surface area contributed by atoms with Gasteiger partial charge in [-0.15, -0.1) is 0 Å². The lowest BCUT2D eigenvalue weighted by Crippen LogP contribution is -2.38. The first kappa shape index (κ1) is 20.8. The maximum atomic E-state index is 13.0. The van der Waals surface area contributed by atoms with Crippen molar-refractivity contribution in [2.24, 2.45) is 0 Å². The van der Waals surface area contributed by atoms with Crippen LogP contribution in [0, 0.1) is 0 Å². The highest BCUT2D eigenvalue weighted by molar-refractivity contribution is 7.99. The molecule has 0 aromatic heterocycles. The molecule has 0 bridgehead atoms. The number of thioether (sulfide) groups is 1. The molecule has 1 saturated heterocycles. The lowest BCUT2D eigenvalue weighted by Gasteiger charge is -2.26. The number of nitrogens with zero attached hydrogens (tertiary/aromatic N) is 1. The van der Waals surface area contributed by atoms with Crippen molar-refractivity contribution >= 4 is 23.6 Å². The van der Waals surface area contributed by atoms with E-state index >= 15 is 0 Å². The van der Waals surface area contributed by atoms with Crippen LogP contribution in [0.1, 0.15) is 15.9 Å². The van der Waals surface area contributed by atoms with E-state index in [1.54, 1.807) is 31.0 Å². The Morgan fingerprint density at radius 2 is 2.00 bits per heavy atom. The van der Waals surface area contributed by atoms with Crippen LogP contribution in [0.25, 0.3) is 6.08 Å². The first-order valence-electron chi connectivity index (χ1n) is 9.96. The second kappa shape index (κ2) is 10.0. The van der Waals surface area contributed by atoms with Crippen LogP contribution < -0.4 is 14.2 Å². The fraction of sp³-hybridized carbons (Fsp3) is 0.348. The SMILES string of the molecule is COc1ccc(C=CC(=O)c2cc3c(cc2OCCN2CCOCC2)OCS3)cc1. The minimum atomic E-state index is -0.0949. The summed E-state index contributed by atoms with van der Waals surface area (Å²) in [4.78, 5) is 16.2. The van der Waals surface area contributed by atoms with Gasteiger partial charge in [0.05, 0.1) is 30.8 Å². The monoisotopic (exact) mass is 427 g/mol. The average Bonchev–Trinajstić information content (AvgIpc) is 3.25. The third-order valence-corrected chi connectivity index (χ3v) is 5.92. The van der Waals surface area contributed by atoms with Gasteiger partial charge in [-0.05, 0) is 29.8 Å². The van der Waals surface area contributed by atoms with Crippen molar-refractivity contribution in [1.29, 1.82) is 0 Å². The molecular formula is C23H25NO5S. The highest BCUT2D eigenvalue weighted by Crippen LogP contribution is 2.41. The molecule has 2 aromatic rings. The second-order valence-corrected chi connectivity index (χ2v) is 7.94. The molecule has 0 spiro atoms. The molecule has 1 fully saturated rings. The van der Waals surface area contributed by atoms with Gasteiger partial charge in [-0.3, -0.25) is 9.69 Å². The van der Waals surface area contributed by atoms with Crippen LogP contribution in [-0.4, -0.2) is 63.2 Å². The quantitative estimate of drug-likeness (QED) is 0.470. The average molecular weight is 428 g/mol. The summed E-state index contributed by atoms with van der Waals surface area (Å²) in [7, 11) is 1.63. The number of ketones is 1. The Bertz CT molecular complexity index is 907. The van der Waals surface area contributed by atoms with E-state index in [0.29, 0.717) is 23.9 Å². The summed E-state index contributed by atoms with van der Waals surface area (Å²) in [6, 6.07) is 11.3. The smallest absolute Gasteiger partial charge is 0.189 e. The normalized spacial score (nSPS) is 16.3. The number of ether oxygens (including phenoxy) is 4. The van der Waals surface area contributed by atoms with E-state index in [4.69, 9.17) is 18.9 Å². The molecule has 0 unspecified atom stereocenters. The zero-order valence-corrected chi connectivity index (χ0v) is 17.8. The summed E-state index contributed by atoms with van der Waals surface area (Å²) < 4.78 is 22.2. The van der Waals surface area contributed by atoms with Crippen molar-refractivity contribution in [2.45, 2.75) is 4.90 Å². The first-order chi connectivity index (χ1) is 14.7. The van der Waals surface area contributed by atoms with Crippen LogP contribution in [0.15, 0.2) is 47.4 Å². The minimum absolute atomic E-state index is 0.0949. The molecule has 0 aliphatic carbocycles. The number of rotatable bonds is 8. The molecule has 2 aromatic carbocycles. The van der Waals surface area contributed by atoms with Gasteiger partial charge in [-0.1, -0.05) is 30.0 Å². The highest BCUT2D eigenvalue weighted by atomic mass is 32.2. The molecule has 0 N–H and O–H groups in total. The molecule has 2 heterocycles. The number of hydrogen-bond donors (Lipinski definition) is 0. The molecule has 2 aliphatic rings. The summed E-state index contributed by atoms with van der Waals surface area (Å²) in [5.41, 5.74) is 1.48. The number of morpholine rings is 1. The van der Waals surface area contributed by atoms with Gasteiger partial charge in [-0.25, -0.2) is 0 Å². The van der Waals surface area contributed by atoms with E-state index in [-0.39, 0.29) is 5.78 Å². The molecule has 158 valence electrons. The minimum Gasteiger partial charge on any atom is -0.497 e. The van der Waals surface area contributed by atoms with Gasteiger partial charge in [0.1, 0.15) is 29.8 Å². The largest absolute Gasteiger partial charge is 0.497 e. The predicted octanol–water partition coefficient (Wildman–Crippen LogP) is 3.74. The van der Waals surface area contributed by atoms with Gasteiger partial charge in [-0.2, -0.15) is 0 Å². The van der Waals surface area contributed by atoms with Crippen LogP contribution in [0.3, 0.4) is 0 Å². The van der Waals surface area contributed by atoms with Gasteiger partial charge in [0.15, 0.2) is 5.78 Å². The number of methoxy groups -OCH3 is 1. The fourth-order valence-electron chi connectivity index (χ4n) is 3.32. The Labute approximate surface area is 180 Å². The Morgan fingerprint density at radius 1 is 1.20 bits per heavy atom. The molecular weight excluding hydrogens is 402 g/mol. The second-order valence-electron chi connectivity index (χ2n) is 6.97. The molecule has 4 rings (SSSR count). The van der Waals surface area contributed by atoms with Crippen LogP contribution in [0.4, 0.5) is 0 Å². The van der Waals surface area contributed by atoms with Gasteiger partial charge < -0.3 is 18.9 Å². The topological polar surface area (TPSA) is 57.2 Å². The number of allylic oxidation sites excluding steroid dienone is 1. The standard InChI is InChI=1S/C23H25NO5S/c1-26-18-5-2-17(3-6-18)4-7-20(25)19-14-23-22(29-16-30-23)15-21(19)28-13-10-24-8-11-27-12-9-24/h2-7,14-15H,8-13,16H2,1H3. The zero-order chi connectivity index (χ0) is 20.8. The Hall–Kier alpha value is -2.48. The van der Waals surface area contributed by atoms with Crippen LogP contribution in [0.5, 0.6) is 17.2 Å². The van der Waals surface area contributed by atoms with Gasteiger partial charge in [0, 0.05) is 25.7 Å². The van der Waals surface area contributed by atoms with Crippen LogP contribution >= 0.6 is 11.8 Å². The van der Waals surface area contributed by atoms with Crippen molar-refractivity contribution in [3.63, 3.8) is 0 Å². The van der Waals surface area contributed by atoms with Crippen molar-refractivity contribution in [1.82, 2.24) is 4.90 Å². The number of hydrogen-bond acceptors (Lipinski definition) is 7. The van der Waals surface area contributed by atoms with Crippen molar-refractivity contribution in [3.8, 4) is 17.2 Å². The van der Waals surface area contributed by atoms with E-state index in [0.717, 1.165) is 54.8 Å². The number of carbonyl (C=O) groups is 1. The van der Waals surface area contributed by atoms with Crippen LogP contribution in [0.2, 0.25) is 0 Å². The lowest BCUT2D eigenvalue weighted by atomic mass is 10.1. The summed E-state index contributed by atoms with van der Waals surface area (Å²) in [5.74, 6) is 2.58. The predicted molar refractivity (Wildman–Crippen MR) is 117 cm³/mol. The van der Waals surface area contributed by atoms with Crippen molar-refractivity contribution < 1.29 is 23.7 Å². The number of fused-ring (bicyclic) bond motifs is 1. The molecule has 2 aliphatic heterocycles. The van der Waals surface area contributed by atoms with Crippen LogP contribution in [-0.2, 0) is 4.74 Å². The van der Waals surface area contributed by atoms with Gasteiger partial charge >= 0.3 is 0 Å². The molecule has 0 radical (unpaired) electrons. The van der Waals surface area contributed by atoms with Gasteiger partial charge in [0.2, 0.25) is 0 Å². The maximum absolute atomic E-state index is 13.0. The molecule has 6 nitrogen and oxygen atoms in total. The Kier molecular flexibility index (Phi) is 6.94. The summed E-state index contributed by atoms with van der Waals surface area (Å²) >= 11 is 1.58. The van der Waals surface area contributed by atoms with E-state index in [9.17, 15) is 4.79 Å². The maximum Gasteiger partial charge on any atom is 0.189 e. The Morgan fingerprint density at radius 3 is 2.77 bits per heavy atom. The number of benzene rings is 2. The molecule has 30 heavy (non-hydrogen) atoms. The summed E-state index contributed by atoms with van der Waals surface area (Å²) in [6.45, 7) is 4.63. The first-order valence-corrected chi connectivity index (χ1v) is 10.9. The molecule has 0 saturated carbocycles. The van der Waals surface area contributed by atoms with Gasteiger partial charge in [0.25, 0.3) is 0 Å². The highest BCUT2D eigenvalue weighted by Gasteiger charge is 2.21. The molecule has 0 amide bonds. The third kappa shape index (κ3) is 5.16. The molecule has 0 atom stereocenters. The summed E-state index contributed by atoms with van der Waals surface area (Å²) in [5, 5.41) is 0. The van der Waals surface area contributed by atoms with E-state index in [2.05, 4.69) is 4.90 Å². The summed E-state index contributed by atoms with van der Waals surface area (Å²) in [6.07, 6.45) is 3.38. The van der Waals surface area contributed by atoms with Crippen molar-refractivity contribution in [3.05, 3.63) is 53.6 Å².